The van der Waals surface area contributed by atoms with Crippen molar-refractivity contribution >= 4 is 23.4 Å². The smallest absolute Gasteiger partial charge is 0.234 e. The lowest BCUT2D eigenvalue weighted by molar-refractivity contribution is -0.113. The van der Waals surface area contributed by atoms with E-state index >= 15 is 0 Å². The van der Waals surface area contributed by atoms with E-state index in [0.29, 0.717) is 5.75 Å². The highest BCUT2D eigenvalue weighted by Crippen LogP contribution is 2.22. The summed E-state index contributed by atoms with van der Waals surface area (Å²) >= 11 is 1.44. The van der Waals surface area contributed by atoms with E-state index in [0.717, 1.165) is 28.5 Å². The van der Waals surface area contributed by atoms with Gasteiger partial charge >= 0.3 is 0 Å². The second-order valence-corrected chi connectivity index (χ2v) is 6.71. The summed E-state index contributed by atoms with van der Waals surface area (Å²) in [5, 5.41) is 3.81. The Morgan fingerprint density at radius 2 is 2.04 bits per heavy atom. The van der Waals surface area contributed by atoms with Crippen LogP contribution in [-0.2, 0) is 11.2 Å². The second-order valence-electron chi connectivity index (χ2n) is 5.77. The lowest BCUT2D eigenvalue weighted by atomic mass is 10.1. The molecule has 1 heterocycles. The Hall–Kier alpha value is -2.53. The Balaban J connectivity index is 1.66. The van der Waals surface area contributed by atoms with Gasteiger partial charge in [-0.15, -0.1) is 0 Å². The van der Waals surface area contributed by atoms with Crippen LogP contribution in [0.4, 0.5) is 5.69 Å². The molecule has 3 rings (SSSR count). The highest BCUT2D eigenvalue weighted by atomic mass is 32.2. The van der Waals surface area contributed by atoms with Gasteiger partial charge < -0.3 is 5.32 Å². The van der Waals surface area contributed by atoms with Crippen molar-refractivity contribution in [2.45, 2.75) is 25.4 Å². The number of para-hydroxylation sites is 1. The number of hydrogen-bond donors (Lipinski definition) is 1. The standard InChI is InChI=1S/C20H21N3OS/c1-3-16-8-4-5-10-18(16)22-19(24)14-25-20-21-11-12-23(20)17-9-6-7-15(2)13-17/h4-13H,3,14H2,1-2H3,(H,22,24). The summed E-state index contributed by atoms with van der Waals surface area (Å²) in [5.41, 5.74) is 4.27. The normalized spacial score (nSPS) is 10.6. The second kappa shape index (κ2) is 8.03. The quantitative estimate of drug-likeness (QED) is 0.666. The molecule has 4 nitrogen and oxygen atoms in total. The number of carbonyl (C=O) groups is 1. The maximum absolute atomic E-state index is 12.3. The highest BCUT2D eigenvalue weighted by molar-refractivity contribution is 7.99. The molecule has 0 fully saturated rings. The van der Waals surface area contributed by atoms with Gasteiger partial charge in [-0.2, -0.15) is 0 Å². The van der Waals surface area contributed by atoms with Crippen LogP contribution < -0.4 is 5.32 Å². The van der Waals surface area contributed by atoms with Gasteiger partial charge in [-0.05, 0) is 42.7 Å². The van der Waals surface area contributed by atoms with Crippen LogP contribution in [0.25, 0.3) is 5.69 Å². The molecule has 2 aromatic carbocycles. The first kappa shape index (κ1) is 17.3. The van der Waals surface area contributed by atoms with Crippen molar-refractivity contribution in [1.82, 2.24) is 9.55 Å². The fourth-order valence-electron chi connectivity index (χ4n) is 2.64. The summed E-state index contributed by atoms with van der Waals surface area (Å²) in [5.74, 6) is 0.297. The lowest BCUT2D eigenvalue weighted by Crippen LogP contribution is -2.15. The van der Waals surface area contributed by atoms with E-state index in [1.165, 1.54) is 17.3 Å². The van der Waals surface area contributed by atoms with Crippen LogP contribution in [0.3, 0.4) is 0 Å². The molecular formula is C20H21N3OS. The number of imidazole rings is 1. The van der Waals surface area contributed by atoms with Gasteiger partial charge in [-0.3, -0.25) is 9.36 Å². The van der Waals surface area contributed by atoms with Gasteiger partial charge in [0, 0.05) is 23.8 Å². The largest absolute Gasteiger partial charge is 0.325 e. The molecular weight excluding hydrogens is 330 g/mol. The van der Waals surface area contributed by atoms with Crippen LogP contribution in [0.15, 0.2) is 66.1 Å². The molecule has 3 aromatic rings. The highest BCUT2D eigenvalue weighted by Gasteiger charge is 2.10. The summed E-state index contributed by atoms with van der Waals surface area (Å²) in [7, 11) is 0. The molecule has 0 saturated carbocycles. The molecule has 1 amide bonds. The molecule has 0 spiro atoms. The average Bonchev–Trinajstić information content (AvgIpc) is 3.09. The summed E-state index contributed by atoms with van der Waals surface area (Å²) in [4.78, 5) is 16.7. The molecule has 0 bridgehead atoms. The molecule has 0 atom stereocenters. The molecule has 0 radical (unpaired) electrons. The van der Waals surface area contributed by atoms with Crippen LogP contribution in [0.5, 0.6) is 0 Å². The zero-order chi connectivity index (χ0) is 17.6. The zero-order valence-electron chi connectivity index (χ0n) is 14.4. The van der Waals surface area contributed by atoms with E-state index in [1.807, 2.05) is 47.2 Å². The first-order valence-electron chi connectivity index (χ1n) is 8.28. The predicted octanol–water partition coefficient (Wildman–Crippen LogP) is 4.47. The number of thioether (sulfide) groups is 1. The van der Waals surface area contributed by atoms with Gasteiger partial charge in [0.2, 0.25) is 5.91 Å². The predicted molar refractivity (Wildman–Crippen MR) is 103 cm³/mol. The molecule has 5 heteroatoms. The minimum absolute atomic E-state index is 0.0234. The Bertz CT molecular complexity index is 873. The number of nitrogens with zero attached hydrogens (tertiary/aromatic N) is 2. The summed E-state index contributed by atoms with van der Waals surface area (Å²) in [6.07, 6.45) is 4.57. The van der Waals surface area contributed by atoms with E-state index in [-0.39, 0.29) is 5.91 Å². The van der Waals surface area contributed by atoms with Gasteiger partial charge in [0.15, 0.2) is 5.16 Å². The SMILES string of the molecule is CCc1ccccc1NC(=O)CSc1nccn1-c1cccc(C)c1. The fraction of sp³-hybridized carbons (Fsp3) is 0.200. The van der Waals surface area contributed by atoms with Crippen molar-refractivity contribution in [2.75, 3.05) is 11.1 Å². The van der Waals surface area contributed by atoms with E-state index in [4.69, 9.17) is 0 Å². The van der Waals surface area contributed by atoms with Gasteiger partial charge in [0.25, 0.3) is 0 Å². The van der Waals surface area contributed by atoms with Crippen LogP contribution in [0.1, 0.15) is 18.1 Å². The van der Waals surface area contributed by atoms with Crippen molar-refractivity contribution in [3.8, 4) is 5.69 Å². The molecule has 0 saturated heterocycles. The van der Waals surface area contributed by atoms with Crippen molar-refractivity contribution in [3.05, 3.63) is 72.1 Å². The minimum Gasteiger partial charge on any atom is -0.325 e. The zero-order valence-corrected chi connectivity index (χ0v) is 15.2. The monoisotopic (exact) mass is 351 g/mol. The maximum Gasteiger partial charge on any atom is 0.234 e. The molecule has 0 aliphatic carbocycles. The number of anilines is 1. The topological polar surface area (TPSA) is 46.9 Å². The fourth-order valence-corrected chi connectivity index (χ4v) is 3.41. The van der Waals surface area contributed by atoms with E-state index in [1.54, 1.807) is 6.20 Å². The van der Waals surface area contributed by atoms with E-state index in [2.05, 4.69) is 36.3 Å². The number of aryl methyl sites for hydroxylation is 2. The van der Waals surface area contributed by atoms with Crippen LogP contribution in [0.2, 0.25) is 0 Å². The molecule has 0 aliphatic rings. The Labute approximate surface area is 152 Å². The first-order valence-corrected chi connectivity index (χ1v) is 9.27. The third kappa shape index (κ3) is 4.31. The minimum atomic E-state index is -0.0234. The van der Waals surface area contributed by atoms with Gasteiger partial charge in [0.05, 0.1) is 5.75 Å². The number of benzene rings is 2. The lowest BCUT2D eigenvalue weighted by Gasteiger charge is -2.10. The number of carbonyl (C=O) groups excluding carboxylic acids is 1. The Morgan fingerprint density at radius 1 is 1.20 bits per heavy atom. The number of amides is 1. The molecule has 1 aromatic heterocycles. The molecule has 1 N–H and O–H groups in total. The Morgan fingerprint density at radius 3 is 2.84 bits per heavy atom. The average molecular weight is 351 g/mol. The van der Waals surface area contributed by atoms with Gasteiger partial charge in [-0.25, -0.2) is 4.98 Å². The maximum atomic E-state index is 12.3. The van der Waals surface area contributed by atoms with Crippen molar-refractivity contribution in [2.24, 2.45) is 0 Å². The summed E-state index contributed by atoms with van der Waals surface area (Å²) in [6.45, 7) is 4.14. The van der Waals surface area contributed by atoms with Crippen LogP contribution >= 0.6 is 11.8 Å². The molecule has 0 unspecified atom stereocenters. The molecule has 25 heavy (non-hydrogen) atoms. The third-order valence-electron chi connectivity index (χ3n) is 3.89. The van der Waals surface area contributed by atoms with E-state index < -0.39 is 0 Å². The van der Waals surface area contributed by atoms with Crippen molar-refractivity contribution in [3.63, 3.8) is 0 Å². The molecule has 0 aliphatic heterocycles. The number of hydrogen-bond acceptors (Lipinski definition) is 3. The number of nitrogens with one attached hydrogen (secondary N) is 1. The van der Waals surface area contributed by atoms with Crippen LogP contribution in [-0.4, -0.2) is 21.2 Å². The van der Waals surface area contributed by atoms with E-state index in [9.17, 15) is 4.79 Å². The summed E-state index contributed by atoms with van der Waals surface area (Å²) in [6, 6.07) is 16.1. The van der Waals surface area contributed by atoms with Crippen molar-refractivity contribution < 1.29 is 4.79 Å². The first-order chi connectivity index (χ1) is 12.2. The Kier molecular flexibility index (Phi) is 5.56. The van der Waals surface area contributed by atoms with Gasteiger partial charge in [0.1, 0.15) is 0 Å². The van der Waals surface area contributed by atoms with Gasteiger partial charge in [-0.1, -0.05) is 49.0 Å². The number of rotatable bonds is 6. The summed E-state index contributed by atoms with van der Waals surface area (Å²) < 4.78 is 2.00. The number of aromatic nitrogens is 2. The third-order valence-corrected chi connectivity index (χ3v) is 4.86. The van der Waals surface area contributed by atoms with Crippen LogP contribution in [0, 0.1) is 6.92 Å². The van der Waals surface area contributed by atoms with Crippen molar-refractivity contribution in [1.29, 1.82) is 0 Å². The molecule has 128 valence electrons.